The fraction of sp³-hybridized carbons (Fsp3) is 0. The summed E-state index contributed by atoms with van der Waals surface area (Å²) in [5.74, 6) is 0.270. The lowest BCUT2D eigenvalue weighted by Gasteiger charge is -2.10. The number of halogens is 1. The molecule has 0 bridgehead atoms. The molecule has 1 amide bonds. The molecule has 108 valence electrons. The number of rotatable bonds is 3. The number of amides is 1. The van der Waals surface area contributed by atoms with Crippen LogP contribution in [0.1, 0.15) is 10.4 Å². The molecule has 0 spiro atoms. The van der Waals surface area contributed by atoms with Crippen molar-refractivity contribution in [1.29, 1.82) is 0 Å². The molecule has 0 fully saturated rings. The van der Waals surface area contributed by atoms with Crippen molar-refractivity contribution in [2.45, 2.75) is 0 Å². The van der Waals surface area contributed by atoms with E-state index < -0.39 is 0 Å². The minimum absolute atomic E-state index is 0.200. The summed E-state index contributed by atoms with van der Waals surface area (Å²) >= 11 is 5.80. The Morgan fingerprint density at radius 2 is 1.64 bits per heavy atom. The van der Waals surface area contributed by atoms with Gasteiger partial charge >= 0.3 is 0 Å². The quantitative estimate of drug-likeness (QED) is 0.765. The van der Waals surface area contributed by atoms with Crippen molar-refractivity contribution in [3.63, 3.8) is 0 Å². The highest BCUT2D eigenvalue weighted by molar-refractivity contribution is 6.30. The number of hydrogen-bond acceptors (Lipinski definition) is 2. The zero-order valence-electron chi connectivity index (χ0n) is 11.7. The molecule has 1 aromatic heterocycles. The topological polar surface area (TPSA) is 42.0 Å². The van der Waals surface area contributed by atoms with E-state index in [2.05, 4.69) is 10.3 Å². The Balaban J connectivity index is 1.91. The molecule has 0 aliphatic rings. The molecule has 0 saturated heterocycles. The Morgan fingerprint density at radius 1 is 0.909 bits per heavy atom. The van der Waals surface area contributed by atoms with Crippen LogP contribution in [-0.4, -0.2) is 10.9 Å². The second-order valence-electron chi connectivity index (χ2n) is 4.73. The van der Waals surface area contributed by atoms with Crippen LogP contribution in [0.5, 0.6) is 0 Å². The number of carbonyl (C=O) groups is 1. The van der Waals surface area contributed by atoms with Gasteiger partial charge in [0.25, 0.3) is 5.91 Å². The zero-order valence-corrected chi connectivity index (χ0v) is 12.4. The predicted octanol–water partition coefficient (Wildman–Crippen LogP) is 4.65. The van der Waals surface area contributed by atoms with E-state index >= 15 is 0 Å². The first-order valence-corrected chi connectivity index (χ1v) is 7.19. The van der Waals surface area contributed by atoms with Crippen molar-refractivity contribution in [2.24, 2.45) is 0 Å². The summed E-state index contributed by atoms with van der Waals surface area (Å²) in [6, 6.07) is 20.7. The van der Waals surface area contributed by atoms with Gasteiger partial charge in [-0.25, -0.2) is 4.98 Å². The molecule has 3 rings (SSSR count). The van der Waals surface area contributed by atoms with Gasteiger partial charge in [0, 0.05) is 11.8 Å². The maximum absolute atomic E-state index is 12.5. The average molecular weight is 309 g/mol. The van der Waals surface area contributed by atoms with Crippen molar-refractivity contribution in [3.8, 4) is 11.1 Å². The Bertz CT molecular complexity index is 786. The van der Waals surface area contributed by atoms with Gasteiger partial charge in [-0.3, -0.25) is 4.79 Å². The zero-order chi connectivity index (χ0) is 15.4. The van der Waals surface area contributed by atoms with Crippen LogP contribution in [0.2, 0.25) is 5.02 Å². The standard InChI is InChI=1S/C18H13ClN2O/c19-14-10-11-17(20-12-14)21-18(22)16-9-5-4-8-15(16)13-6-2-1-3-7-13/h1-12H,(H,20,21,22). The number of carbonyl (C=O) groups excluding carboxylic acids is 1. The molecule has 2 aromatic carbocycles. The number of benzene rings is 2. The van der Waals surface area contributed by atoms with Gasteiger partial charge < -0.3 is 5.32 Å². The maximum atomic E-state index is 12.5. The third-order valence-electron chi connectivity index (χ3n) is 3.23. The van der Waals surface area contributed by atoms with Crippen LogP contribution in [0.3, 0.4) is 0 Å². The minimum atomic E-state index is -0.200. The number of aromatic nitrogens is 1. The highest BCUT2D eigenvalue weighted by atomic mass is 35.5. The van der Waals surface area contributed by atoms with E-state index in [1.165, 1.54) is 6.20 Å². The van der Waals surface area contributed by atoms with Gasteiger partial charge in [-0.1, -0.05) is 60.1 Å². The second kappa shape index (κ2) is 6.41. The van der Waals surface area contributed by atoms with Crippen LogP contribution >= 0.6 is 11.6 Å². The van der Waals surface area contributed by atoms with Gasteiger partial charge in [0.05, 0.1) is 5.02 Å². The monoisotopic (exact) mass is 308 g/mol. The number of anilines is 1. The summed E-state index contributed by atoms with van der Waals surface area (Å²) in [6.45, 7) is 0. The van der Waals surface area contributed by atoms with Crippen LogP contribution in [0, 0.1) is 0 Å². The van der Waals surface area contributed by atoms with Gasteiger partial charge in [0.2, 0.25) is 0 Å². The fourth-order valence-corrected chi connectivity index (χ4v) is 2.30. The SMILES string of the molecule is O=C(Nc1ccc(Cl)cn1)c1ccccc1-c1ccccc1. The van der Waals surface area contributed by atoms with Gasteiger partial charge in [0.15, 0.2) is 0 Å². The van der Waals surface area contributed by atoms with Crippen LogP contribution in [0.15, 0.2) is 72.9 Å². The molecule has 0 aliphatic carbocycles. The molecule has 1 heterocycles. The Hall–Kier alpha value is -2.65. The maximum Gasteiger partial charge on any atom is 0.257 e. The Labute approximate surface area is 133 Å². The van der Waals surface area contributed by atoms with Crippen molar-refractivity contribution in [1.82, 2.24) is 4.98 Å². The summed E-state index contributed by atoms with van der Waals surface area (Å²) in [4.78, 5) is 16.6. The molecule has 3 aromatic rings. The molecular formula is C18H13ClN2O. The minimum Gasteiger partial charge on any atom is -0.307 e. The number of nitrogens with zero attached hydrogens (tertiary/aromatic N) is 1. The van der Waals surface area contributed by atoms with E-state index in [4.69, 9.17) is 11.6 Å². The van der Waals surface area contributed by atoms with Crippen molar-refractivity contribution < 1.29 is 4.79 Å². The van der Waals surface area contributed by atoms with E-state index in [1.54, 1.807) is 18.2 Å². The first-order valence-electron chi connectivity index (χ1n) is 6.81. The summed E-state index contributed by atoms with van der Waals surface area (Å²) < 4.78 is 0. The van der Waals surface area contributed by atoms with Crippen molar-refractivity contribution in [2.75, 3.05) is 5.32 Å². The molecule has 22 heavy (non-hydrogen) atoms. The van der Waals surface area contributed by atoms with Gasteiger partial charge in [-0.05, 0) is 29.3 Å². The summed E-state index contributed by atoms with van der Waals surface area (Å²) in [7, 11) is 0. The first-order chi connectivity index (χ1) is 10.7. The highest BCUT2D eigenvalue weighted by Gasteiger charge is 2.12. The smallest absolute Gasteiger partial charge is 0.257 e. The predicted molar refractivity (Wildman–Crippen MR) is 89.1 cm³/mol. The molecule has 0 radical (unpaired) electrons. The fourth-order valence-electron chi connectivity index (χ4n) is 2.18. The van der Waals surface area contributed by atoms with E-state index in [-0.39, 0.29) is 5.91 Å². The third-order valence-corrected chi connectivity index (χ3v) is 3.45. The molecule has 3 nitrogen and oxygen atoms in total. The lowest BCUT2D eigenvalue weighted by atomic mass is 9.99. The first kappa shape index (κ1) is 14.3. The molecule has 0 atom stereocenters. The van der Waals surface area contributed by atoms with Gasteiger partial charge in [-0.2, -0.15) is 0 Å². The Morgan fingerprint density at radius 3 is 2.36 bits per heavy atom. The number of nitrogens with one attached hydrogen (secondary N) is 1. The van der Waals surface area contributed by atoms with Crippen LogP contribution in [-0.2, 0) is 0 Å². The third kappa shape index (κ3) is 3.15. The molecule has 4 heteroatoms. The van der Waals surface area contributed by atoms with E-state index in [9.17, 15) is 4.79 Å². The van der Waals surface area contributed by atoms with Crippen molar-refractivity contribution >= 4 is 23.3 Å². The van der Waals surface area contributed by atoms with Crippen molar-refractivity contribution in [3.05, 3.63) is 83.5 Å². The molecule has 0 aliphatic heterocycles. The van der Waals surface area contributed by atoms with E-state index in [0.717, 1.165) is 11.1 Å². The van der Waals surface area contributed by atoms with E-state index in [1.807, 2.05) is 48.5 Å². The lowest BCUT2D eigenvalue weighted by Crippen LogP contribution is -2.14. The largest absolute Gasteiger partial charge is 0.307 e. The summed E-state index contributed by atoms with van der Waals surface area (Å²) in [5, 5.41) is 3.32. The summed E-state index contributed by atoms with van der Waals surface area (Å²) in [6.07, 6.45) is 1.50. The highest BCUT2D eigenvalue weighted by Crippen LogP contribution is 2.24. The van der Waals surface area contributed by atoms with Crippen LogP contribution in [0.25, 0.3) is 11.1 Å². The average Bonchev–Trinajstić information content (AvgIpc) is 2.58. The summed E-state index contributed by atoms with van der Waals surface area (Å²) in [5.41, 5.74) is 2.48. The lowest BCUT2D eigenvalue weighted by molar-refractivity contribution is 0.102. The molecule has 0 saturated carbocycles. The second-order valence-corrected chi connectivity index (χ2v) is 5.16. The van der Waals surface area contributed by atoms with Crippen LogP contribution < -0.4 is 5.32 Å². The Kier molecular flexibility index (Phi) is 4.17. The van der Waals surface area contributed by atoms with Gasteiger partial charge in [0.1, 0.15) is 5.82 Å². The number of pyridine rings is 1. The number of hydrogen-bond donors (Lipinski definition) is 1. The van der Waals surface area contributed by atoms with Crippen LogP contribution in [0.4, 0.5) is 5.82 Å². The molecule has 1 N–H and O–H groups in total. The molecular weight excluding hydrogens is 296 g/mol. The van der Waals surface area contributed by atoms with Gasteiger partial charge in [-0.15, -0.1) is 0 Å². The normalized spacial score (nSPS) is 10.2. The van der Waals surface area contributed by atoms with E-state index in [0.29, 0.717) is 16.4 Å². The molecule has 0 unspecified atom stereocenters.